The van der Waals surface area contributed by atoms with E-state index in [0.29, 0.717) is 0 Å². The van der Waals surface area contributed by atoms with Gasteiger partial charge >= 0.3 is 0 Å². The van der Waals surface area contributed by atoms with Crippen molar-refractivity contribution < 1.29 is 0 Å². The van der Waals surface area contributed by atoms with Gasteiger partial charge in [-0.2, -0.15) is 0 Å². The second-order valence-electron chi connectivity index (χ2n) is 6.39. The quantitative estimate of drug-likeness (QED) is 0.805. The minimum Gasteiger partial charge on any atom is -0.312 e. The number of hydrogen-bond donors (Lipinski definition) is 1. The van der Waals surface area contributed by atoms with Gasteiger partial charge in [0.2, 0.25) is 0 Å². The minimum absolute atomic E-state index is 0.720. The predicted octanol–water partition coefficient (Wildman–Crippen LogP) is 3.56. The summed E-state index contributed by atoms with van der Waals surface area (Å²) in [7, 11) is 0. The van der Waals surface area contributed by atoms with Gasteiger partial charge in [0.15, 0.2) is 0 Å². The van der Waals surface area contributed by atoms with Gasteiger partial charge in [0, 0.05) is 24.7 Å². The molecule has 106 valence electrons. The van der Waals surface area contributed by atoms with Crippen LogP contribution in [0.4, 0.5) is 0 Å². The number of rotatable bonds is 5. The Morgan fingerprint density at radius 3 is 2.50 bits per heavy atom. The van der Waals surface area contributed by atoms with Crippen LogP contribution in [0.5, 0.6) is 0 Å². The Hall–Kier alpha value is -0.0800. The van der Waals surface area contributed by atoms with E-state index in [2.05, 4.69) is 24.1 Å². The average molecular weight is 252 g/mol. The van der Waals surface area contributed by atoms with Gasteiger partial charge in [-0.15, -0.1) is 0 Å². The molecule has 0 aromatic rings. The van der Waals surface area contributed by atoms with Gasteiger partial charge in [-0.05, 0) is 45.6 Å². The summed E-state index contributed by atoms with van der Waals surface area (Å²) in [5.41, 5.74) is 0. The van der Waals surface area contributed by atoms with Gasteiger partial charge in [-0.25, -0.2) is 0 Å². The molecule has 1 saturated heterocycles. The number of nitrogens with zero attached hydrogens (tertiary/aromatic N) is 1. The molecule has 1 heterocycles. The van der Waals surface area contributed by atoms with Crippen molar-refractivity contribution in [2.75, 3.05) is 13.1 Å². The molecule has 2 aliphatic rings. The summed E-state index contributed by atoms with van der Waals surface area (Å²) in [6, 6.07) is 2.38. The normalized spacial score (nSPS) is 29.3. The lowest BCUT2D eigenvalue weighted by Gasteiger charge is -2.40. The molecule has 2 rings (SSSR count). The summed E-state index contributed by atoms with van der Waals surface area (Å²) in [5, 5.41) is 3.82. The molecule has 2 fully saturated rings. The molecule has 0 bridgehead atoms. The molecule has 2 nitrogen and oxygen atoms in total. The lowest BCUT2D eigenvalue weighted by molar-refractivity contribution is 0.0966. The van der Waals surface area contributed by atoms with Crippen LogP contribution in [0.3, 0.4) is 0 Å². The summed E-state index contributed by atoms with van der Waals surface area (Å²) in [5.74, 6) is 0. The molecule has 0 aromatic heterocycles. The number of hydrogen-bond acceptors (Lipinski definition) is 2. The maximum absolute atomic E-state index is 3.82. The highest BCUT2D eigenvalue weighted by Crippen LogP contribution is 2.22. The van der Waals surface area contributed by atoms with E-state index in [1.807, 2.05) is 0 Å². The van der Waals surface area contributed by atoms with Crippen LogP contribution in [-0.2, 0) is 0 Å². The summed E-state index contributed by atoms with van der Waals surface area (Å²) >= 11 is 0. The van der Waals surface area contributed by atoms with Crippen LogP contribution in [0.25, 0.3) is 0 Å². The summed E-state index contributed by atoms with van der Waals surface area (Å²) in [4.78, 5) is 2.76. The maximum atomic E-state index is 3.82. The highest BCUT2D eigenvalue weighted by atomic mass is 15.2. The molecule has 0 aromatic carbocycles. The van der Waals surface area contributed by atoms with Crippen LogP contribution in [0.2, 0.25) is 0 Å². The molecule has 0 spiro atoms. The molecule has 1 aliphatic carbocycles. The molecule has 1 saturated carbocycles. The van der Waals surface area contributed by atoms with Crippen molar-refractivity contribution in [1.82, 2.24) is 10.2 Å². The number of nitrogens with one attached hydrogen (secondary N) is 1. The third-order valence-corrected chi connectivity index (χ3v) is 5.02. The summed E-state index contributed by atoms with van der Waals surface area (Å²) < 4.78 is 0. The molecule has 2 heteroatoms. The summed E-state index contributed by atoms with van der Waals surface area (Å²) in [6.45, 7) is 7.29. The third-order valence-electron chi connectivity index (χ3n) is 5.02. The van der Waals surface area contributed by atoms with Crippen LogP contribution >= 0.6 is 0 Å². The highest BCUT2D eigenvalue weighted by Gasteiger charge is 2.25. The topological polar surface area (TPSA) is 15.3 Å². The first-order valence-electron chi connectivity index (χ1n) is 8.30. The van der Waals surface area contributed by atoms with E-state index < -0.39 is 0 Å². The van der Waals surface area contributed by atoms with Crippen LogP contribution in [0.15, 0.2) is 0 Å². The molecular weight excluding hydrogens is 220 g/mol. The van der Waals surface area contributed by atoms with Crippen LogP contribution in [-0.4, -0.2) is 36.1 Å². The zero-order chi connectivity index (χ0) is 12.8. The third kappa shape index (κ3) is 3.96. The van der Waals surface area contributed by atoms with Crippen molar-refractivity contribution in [3.8, 4) is 0 Å². The maximum Gasteiger partial charge on any atom is 0.0195 e. The van der Waals surface area contributed by atoms with Crippen molar-refractivity contribution >= 4 is 0 Å². The molecule has 2 unspecified atom stereocenters. The Kier molecular flexibility index (Phi) is 5.97. The SMILES string of the molecule is CCC1CCCCN1C(C)CNC1CCCCC1. The van der Waals surface area contributed by atoms with Crippen LogP contribution in [0.1, 0.15) is 71.6 Å². The molecule has 1 aliphatic heterocycles. The fourth-order valence-corrected chi connectivity index (χ4v) is 3.80. The Morgan fingerprint density at radius 2 is 1.78 bits per heavy atom. The van der Waals surface area contributed by atoms with Gasteiger partial charge in [-0.1, -0.05) is 32.6 Å². The Morgan fingerprint density at radius 1 is 1.06 bits per heavy atom. The standard InChI is InChI=1S/C16H32N2/c1-3-16-11-7-8-12-18(16)14(2)13-17-15-9-5-4-6-10-15/h14-17H,3-13H2,1-2H3. The second-order valence-corrected chi connectivity index (χ2v) is 6.39. The molecule has 2 atom stereocenters. The van der Waals surface area contributed by atoms with Crippen molar-refractivity contribution in [2.24, 2.45) is 0 Å². The molecule has 18 heavy (non-hydrogen) atoms. The summed E-state index contributed by atoms with van der Waals surface area (Å²) in [6.07, 6.45) is 12.7. The highest BCUT2D eigenvalue weighted by molar-refractivity contribution is 4.82. The predicted molar refractivity (Wildman–Crippen MR) is 79.0 cm³/mol. The molecular formula is C16H32N2. The lowest BCUT2D eigenvalue weighted by Crippen LogP contribution is -2.50. The van der Waals surface area contributed by atoms with Gasteiger partial charge < -0.3 is 5.32 Å². The average Bonchev–Trinajstić information content (AvgIpc) is 2.45. The van der Waals surface area contributed by atoms with Gasteiger partial charge in [-0.3, -0.25) is 4.90 Å². The zero-order valence-electron chi connectivity index (χ0n) is 12.5. The van der Waals surface area contributed by atoms with Crippen molar-refractivity contribution in [2.45, 2.75) is 89.8 Å². The van der Waals surface area contributed by atoms with E-state index in [1.54, 1.807) is 0 Å². The van der Waals surface area contributed by atoms with E-state index in [1.165, 1.54) is 70.9 Å². The van der Waals surface area contributed by atoms with Crippen LogP contribution in [0, 0.1) is 0 Å². The van der Waals surface area contributed by atoms with Gasteiger partial charge in [0.25, 0.3) is 0 Å². The Bertz CT molecular complexity index is 223. The van der Waals surface area contributed by atoms with Crippen molar-refractivity contribution in [3.05, 3.63) is 0 Å². The number of likely N-dealkylation sites (tertiary alicyclic amines) is 1. The first-order valence-corrected chi connectivity index (χ1v) is 8.30. The second kappa shape index (κ2) is 7.49. The van der Waals surface area contributed by atoms with Crippen molar-refractivity contribution in [1.29, 1.82) is 0 Å². The smallest absolute Gasteiger partial charge is 0.0195 e. The monoisotopic (exact) mass is 252 g/mol. The van der Waals surface area contributed by atoms with E-state index in [4.69, 9.17) is 0 Å². The molecule has 1 N–H and O–H groups in total. The largest absolute Gasteiger partial charge is 0.312 e. The zero-order valence-corrected chi connectivity index (χ0v) is 12.5. The fourth-order valence-electron chi connectivity index (χ4n) is 3.80. The first kappa shape index (κ1) is 14.3. The van der Waals surface area contributed by atoms with Crippen LogP contribution < -0.4 is 5.32 Å². The van der Waals surface area contributed by atoms with Crippen molar-refractivity contribution in [3.63, 3.8) is 0 Å². The minimum atomic E-state index is 0.720. The fraction of sp³-hybridized carbons (Fsp3) is 1.00. The molecule has 0 amide bonds. The lowest BCUT2D eigenvalue weighted by atomic mass is 9.95. The Balaban J connectivity index is 1.73. The van der Waals surface area contributed by atoms with E-state index in [-0.39, 0.29) is 0 Å². The van der Waals surface area contributed by atoms with Gasteiger partial charge in [0.05, 0.1) is 0 Å². The van der Waals surface area contributed by atoms with E-state index >= 15 is 0 Å². The van der Waals surface area contributed by atoms with E-state index in [9.17, 15) is 0 Å². The number of piperidine rings is 1. The first-order chi connectivity index (χ1) is 8.81. The van der Waals surface area contributed by atoms with E-state index in [0.717, 1.165) is 18.1 Å². The Labute approximate surface area is 114 Å². The molecule has 0 radical (unpaired) electrons. The van der Waals surface area contributed by atoms with Gasteiger partial charge in [0.1, 0.15) is 0 Å².